The van der Waals surface area contributed by atoms with Gasteiger partial charge in [0.2, 0.25) is 0 Å². The van der Waals surface area contributed by atoms with Crippen LogP contribution in [0.5, 0.6) is 0 Å². The highest BCUT2D eigenvalue weighted by Gasteiger charge is 2.13. The van der Waals surface area contributed by atoms with Gasteiger partial charge in [0, 0.05) is 17.7 Å². The van der Waals surface area contributed by atoms with Crippen LogP contribution < -0.4 is 0 Å². The molecule has 0 radical (unpaired) electrons. The van der Waals surface area contributed by atoms with E-state index in [0.29, 0.717) is 22.5 Å². The second-order valence-electron chi connectivity index (χ2n) is 2.15. The van der Waals surface area contributed by atoms with E-state index in [1.165, 1.54) is 13.2 Å². The zero-order valence-corrected chi connectivity index (χ0v) is 6.56. The van der Waals surface area contributed by atoms with Crippen molar-refractivity contribution in [3.05, 3.63) is 34.7 Å². The molecule has 0 bridgehead atoms. The van der Waals surface area contributed by atoms with E-state index in [-0.39, 0.29) is 0 Å². The third-order valence-corrected chi connectivity index (χ3v) is 1.38. The quantitative estimate of drug-likeness (QED) is 0.504. The fourth-order valence-electron chi connectivity index (χ4n) is 0.817. The van der Waals surface area contributed by atoms with Crippen LogP contribution in [-0.4, -0.2) is 18.3 Å². The first-order valence-corrected chi connectivity index (χ1v) is 3.34. The molecule has 0 N–H and O–H groups in total. The minimum Gasteiger partial charge on any atom is -0.298 e. The molecule has 0 aliphatic heterocycles. The molecule has 1 aromatic carbocycles. The van der Waals surface area contributed by atoms with Crippen molar-refractivity contribution in [3.8, 4) is 0 Å². The number of aldehydes is 1. The first kappa shape index (κ1) is 8.39. The van der Waals surface area contributed by atoms with Gasteiger partial charge in [0.05, 0.1) is 4.91 Å². The highest BCUT2D eigenvalue weighted by Crippen LogP contribution is 2.11. The Balaban J connectivity index is 3.01. The van der Waals surface area contributed by atoms with Crippen LogP contribution in [0.4, 0.5) is 5.69 Å². The molecule has 4 heteroatoms. The van der Waals surface area contributed by atoms with Crippen molar-refractivity contribution in [2.45, 2.75) is 0 Å². The van der Waals surface area contributed by atoms with E-state index in [0.717, 1.165) is 0 Å². The molecule has 0 fully saturated rings. The van der Waals surface area contributed by atoms with Crippen LogP contribution >= 0.6 is 0 Å². The van der Waals surface area contributed by atoms with Crippen LogP contribution in [0.2, 0.25) is 0 Å². The van der Waals surface area contributed by atoms with Crippen LogP contribution in [0.25, 0.3) is 0 Å². The van der Waals surface area contributed by atoms with Gasteiger partial charge in [-0.1, -0.05) is 12.1 Å². The molecule has 0 unspecified atom stereocenters. The Labute approximate surface area is 69.3 Å². The number of carbonyl (C=O) groups excluding carboxylic acids is 1. The fraction of sp³-hybridized carbons (Fsp3) is 0.125. The molecular weight excluding hydrogens is 158 g/mol. The van der Waals surface area contributed by atoms with Crippen LogP contribution in [-0.2, 0) is 4.84 Å². The predicted octanol–water partition coefficient (Wildman–Crippen LogP) is 1.47. The highest BCUT2D eigenvalue weighted by atomic mass is 16.8. The normalized spacial score (nSPS) is 9.08. The number of rotatable bonds is 3. The first-order chi connectivity index (χ1) is 5.77. The van der Waals surface area contributed by atoms with Gasteiger partial charge in [-0.25, -0.2) is 4.84 Å². The lowest BCUT2D eigenvalue weighted by Gasteiger charge is -1.88. The number of nitrogens with zero attached hydrogens (tertiary/aromatic N) is 1. The number of hydrogen-bond donors (Lipinski definition) is 0. The van der Waals surface area contributed by atoms with E-state index in [2.05, 4.69) is 4.84 Å². The van der Waals surface area contributed by atoms with E-state index in [1.807, 2.05) is 0 Å². The van der Waals surface area contributed by atoms with Gasteiger partial charge in [0.15, 0.2) is 7.11 Å². The zero-order chi connectivity index (χ0) is 8.97. The minimum atomic E-state index is 0.308. The van der Waals surface area contributed by atoms with Gasteiger partial charge in [0.1, 0.15) is 6.29 Å². The Morgan fingerprint density at radius 3 is 2.83 bits per heavy atom. The molecule has 0 amide bonds. The molecule has 0 aliphatic carbocycles. The smallest absolute Gasteiger partial charge is 0.298 e. The van der Waals surface area contributed by atoms with Crippen LogP contribution in [0.15, 0.2) is 24.3 Å². The van der Waals surface area contributed by atoms with Crippen molar-refractivity contribution < 1.29 is 14.6 Å². The maximum absolute atomic E-state index is 10.9. The summed E-state index contributed by atoms with van der Waals surface area (Å²) in [7, 11) is 1.26. The standard InChI is InChI=1S/C8H8NO3/c1-12-9(11)8-4-2-3-7(5-8)6-10/h2-6H,1H3/q+1. The molecule has 0 heterocycles. The van der Waals surface area contributed by atoms with E-state index in [1.54, 1.807) is 18.2 Å². The average Bonchev–Trinajstić information content (AvgIpc) is 2.17. The predicted molar refractivity (Wildman–Crippen MR) is 42.1 cm³/mol. The zero-order valence-electron chi connectivity index (χ0n) is 6.56. The van der Waals surface area contributed by atoms with Crippen LogP contribution in [0.1, 0.15) is 10.4 Å². The maximum atomic E-state index is 10.9. The Kier molecular flexibility index (Phi) is 2.53. The summed E-state index contributed by atoms with van der Waals surface area (Å²) in [6.45, 7) is 0. The third kappa shape index (κ3) is 1.66. The van der Waals surface area contributed by atoms with Gasteiger partial charge in [-0.05, 0) is 0 Å². The summed E-state index contributed by atoms with van der Waals surface area (Å²) in [6, 6.07) is 6.23. The summed E-state index contributed by atoms with van der Waals surface area (Å²) in [5, 5.41) is 0. The fourth-order valence-corrected chi connectivity index (χ4v) is 0.817. The van der Waals surface area contributed by atoms with Crippen molar-refractivity contribution in [1.29, 1.82) is 0 Å². The summed E-state index contributed by atoms with van der Waals surface area (Å²) < 4.78 is 0. The highest BCUT2D eigenvalue weighted by molar-refractivity contribution is 5.75. The second-order valence-corrected chi connectivity index (χ2v) is 2.15. The molecular formula is C8H8NO3+. The molecule has 1 rings (SSSR count). The summed E-state index contributed by atoms with van der Waals surface area (Å²) >= 11 is 0. The number of carbonyl (C=O) groups is 1. The average molecular weight is 166 g/mol. The molecule has 62 valence electrons. The van der Waals surface area contributed by atoms with Crippen molar-refractivity contribution in [1.82, 2.24) is 0 Å². The molecule has 0 aliphatic rings. The summed E-state index contributed by atoms with van der Waals surface area (Å²) in [5.41, 5.74) is 0.757. The van der Waals surface area contributed by atoms with E-state index in [4.69, 9.17) is 0 Å². The molecule has 4 nitrogen and oxygen atoms in total. The summed E-state index contributed by atoms with van der Waals surface area (Å²) in [5.74, 6) is 0. The van der Waals surface area contributed by atoms with Crippen molar-refractivity contribution in [3.63, 3.8) is 0 Å². The largest absolute Gasteiger partial charge is 0.317 e. The van der Waals surface area contributed by atoms with E-state index >= 15 is 0 Å². The van der Waals surface area contributed by atoms with E-state index in [9.17, 15) is 9.70 Å². The SMILES string of the molecule is CO[N+](=O)c1cccc(C=O)c1. The summed E-state index contributed by atoms with van der Waals surface area (Å²) in [4.78, 5) is 25.9. The Morgan fingerprint density at radius 1 is 1.50 bits per heavy atom. The number of hydrogen-bond acceptors (Lipinski definition) is 3. The van der Waals surface area contributed by atoms with Crippen LogP contribution in [0.3, 0.4) is 0 Å². The van der Waals surface area contributed by atoms with Crippen LogP contribution in [0, 0.1) is 4.91 Å². The topological polar surface area (TPSA) is 46.4 Å². The van der Waals surface area contributed by atoms with Gasteiger partial charge in [-0.2, -0.15) is 0 Å². The molecule has 0 atom stereocenters. The van der Waals surface area contributed by atoms with Crippen molar-refractivity contribution in [2.24, 2.45) is 0 Å². The third-order valence-electron chi connectivity index (χ3n) is 1.38. The second kappa shape index (κ2) is 3.61. The molecule has 0 saturated carbocycles. The Hall–Kier alpha value is -1.71. The van der Waals surface area contributed by atoms with Gasteiger partial charge >= 0.3 is 5.69 Å². The lowest BCUT2D eigenvalue weighted by Crippen LogP contribution is -1.97. The first-order valence-electron chi connectivity index (χ1n) is 3.34. The van der Waals surface area contributed by atoms with Gasteiger partial charge in [0.25, 0.3) is 4.92 Å². The van der Waals surface area contributed by atoms with Gasteiger partial charge < -0.3 is 0 Å². The maximum Gasteiger partial charge on any atom is 0.317 e. The molecule has 0 aromatic heterocycles. The molecule has 0 spiro atoms. The number of benzene rings is 1. The van der Waals surface area contributed by atoms with E-state index < -0.39 is 0 Å². The summed E-state index contributed by atoms with van der Waals surface area (Å²) in [6.07, 6.45) is 0.674. The lowest BCUT2D eigenvalue weighted by atomic mass is 10.2. The monoisotopic (exact) mass is 166 g/mol. The van der Waals surface area contributed by atoms with Crippen molar-refractivity contribution >= 4 is 12.0 Å². The lowest BCUT2D eigenvalue weighted by molar-refractivity contribution is -0.736. The minimum absolute atomic E-state index is 0.308. The molecule has 1 aromatic rings. The molecule has 12 heavy (non-hydrogen) atoms. The van der Waals surface area contributed by atoms with Crippen molar-refractivity contribution in [2.75, 3.05) is 7.11 Å². The van der Waals surface area contributed by atoms with Gasteiger partial charge in [-0.15, -0.1) is 0 Å². The van der Waals surface area contributed by atoms with Gasteiger partial charge in [-0.3, -0.25) is 4.79 Å². The Morgan fingerprint density at radius 2 is 2.25 bits per heavy atom. The Bertz CT molecular complexity index is 309. The molecule has 0 saturated heterocycles.